The Bertz CT molecular complexity index is 648. The molecule has 1 heterocycles. The number of aromatic carboxylic acids is 1. The predicted molar refractivity (Wildman–Crippen MR) is 75.9 cm³/mol. The van der Waals surface area contributed by atoms with Gasteiger partial charge in [0, 0.05) is 10.9 Å². The van der Waals surface area contributed by atoms with Gasteiger partial charge in [0.05, 0.1) is 0 Å². The molecular formula is C16H20O3. The lowest BCUT2D eigenvalue weighted by atomic mass is 9.94. The molecular weight excluding hydrogens is 240 g/mol. The Kier molecular flexibility index (Phi) is 3.40. The quantitative estimate of drug-likeness (QED) is 0.897. The second kappa shape index (κ2) is 4.72. The summed E-state index contributed by atoms with van der Waals surface area (Å²) in [5, 5.41) is 10.3. The van der Waals surface area contributed by atoms with E-state index in [2.05, 4.69) is 19.9 Å². The van der Waals surface area contributed by atoms with Crippen molar-refractivity contribution in [3.05, 3.63) is 34.1 Å². The SMILES string of the molecule is Cc1cc(C)c2c(CC(C)C)c(C(=O)O)oc2c1C. The van der Waals surface area contributed by atoms with Gasteiger partial charge in [0.1, 0.15) is 5.58 Å². The molecule has 0 fully saturated rings. The van der Waals surface area contributed by atoms with E-state index in [1.165, 1.54) is 0 Å². The lowest BCUT2D eigenvalue weighted by Gasteiger charge is -2.07. The number of hydrogen-bond donors (Lipinski definition) is 1. The van der Waals surface area contributed by atoms with Crippen LogP contribution in [0.3, 0.4) is 0 Å². The van der Waals surface area contributed by atoms with Crippen LogP contribution in [-0.2, 0) is 6.42 Å². The Morgan fingerprint density at radius 1 is 1.26 bits per heavy atom. The molecule has 1 N–H and O–H groups in total. The number of carboxylic acids is 1. The zero-order valence-electron chi connectivity index (χ0n) is 12.1. The first kappa shape index (κ1) is 13.7. The lowest BCUT2D eigenvalue weighted by molar-refractivity contribution is 0.0663. The van der Waals surface area contributed by atoms with Crippen molar-refractivity contribution in [2.75, 3.05) is 0 Å². The van der Waals surface area contributed by atoms with Gasteiger partial charge in [-0.1, -0.05) is 19.9 Å². The lowest BCUT2D eigenvalue weighted by Crippen LogP contribution is -2.02. The van der Waals surface area contributed by atoms with Crippen LogP contribution in [0.25, 0.3) is 11.0 Å². The summed E-state index contributed by atoms with van der Waals surface area (Å²) < 4.78 is 5.65. The van der Waals surface area contributed by atoms with E-state index in [1.54, 1.807) is 0 Å². The summed E-state index contributed by atoms with van der Waals surface area (Å²) in [6, 6.07) is 2.10. The van der Waals surface area contributed by atoms with Gasteiger partial charge in [-0.3, -0.25) is 0 Å². The summed E-state index contributed by atoms with van der Waals surface area (Å²) in [6.45, 7) is 10.2. The van der Waals surface area contributed by atoms with Crippen molar-refractivity contribution in [3.8, 4) is 0 Å². The standard InChI is InChI=1S/C16H20O3/c1-8(2)6-12-13-10(4)7-9(3)11(5)14(13)19-15(12)16(17)18/h7-8H,6H2,1-5H3,(H,17,18). The van der Waals surface area contributed by atoms with E-state index >= 15 is 0 Å². The van der Waals surface area contributed by atoms with Crippen LogP contribution in [0, 0.1) is 26.7 Å². The number of hydrogen-bond acceptors (Lipinski definition) is 2. The maximum absolute atomic E-state index is 11.4. The van der Waals surface area contributed by atoms with Gasteiger partial charge < -0.3 is 9.52 Å². The number of fused-ring (bicyclic) bond motifs is 1. The van der Waals surface area contributed by atoms with Crippen LogP contribution in [0.5, 0.6) is 0 Å². The first-order valence-electron chi connectivity index (χ1n) is 6.58. The van der Waals surface area contributed by atoms with E-state index in [1.807, 2.05) is 20.8 Å². The van der Waals surface area contributed by atoms with Gasteiger partial charge in [-0.25, -0.2) is 4.79 Å². The highest BCUT2D eigenvalue weighted by molar-refractivity contribution is 5.97. The molecule has 0 unspecified atom stereocenters. The van der Waals surface area contributed by atoms with Crippen LogP contribution in [0.15, 0.2) is 10.5 Å². The molecule has 19 heavy (non-hydrogen) atoms. The van der Waals surface area contributed by atoms with Gasteiger partial charge in [-0.2, -0.15) is 0 Å². The topological polar surface area (TPSA) is 50.4 Å². The van der Waals surface area contributed by atoms with Gasteiger partial charge in [-0.15, -0.1) is 0 Å². The smallest absolute Gasteiger partial charge is 0.372 e. The molecule has 2 rings (SSSR count). The minimum Gasteiger partial charge on any atom is -0.475 e. The first-order chi connectivity index (χ1) is 8.82. The first-order valence-corrected chi connectivity index (χ1v) is 6.58. The van der Waals surface area contributed by atoms with Crippen LogP contribution in [0.4, 0.5) is 0 Å². The van der Waals surface area contributed by atoms with Crippen LogP contribution in [0.2, 0.25) is 0 Å². The average molecular weight is 260 g/mol. The highest BCUT2D eigenvalue weighted by atomic mass is 16.4. The number of carbonyl (C=O) groups is 1. The van der Waals surface area contributed by atoms with Crippen molar-refractivity contribution in [2.45, 2.75) is 41.0 Å². The molecule has 3 heteroatoms. The van der Waals surface area contributed by atoms with Crippen molar-refractivity contribution in [1.29, 1.82) is 0 Å². The summed E-state index contributed by atoms with van der Waals surface area (Å²) in [5.74, 6) is -0.497. The number of furan rings is 1. The minimum atomic E-state index is -0.983. The number of aryl methyl sites for hydroxylation is 3. The van der Waals surface area contributed by atoms with E-state index in [4.69, 9.17) is 4.42 Å². The Morgan fingerprint density at radius 3 is 2.42 bits per heavy atom. The molecule has 0 saturated carbocycles. The molecule has 1 aromatic carbocycles. The Hall–Kier alpha value is -1.77. The molecule has 0 saturated heterocycles. The predicted octanol–water partition coefficient (Wildman–Crippen LogP) is 4.25. The normalized spacial score (nSPS) is 11.5. The second-order valence-electron chi connectivity index (χ2n) is 5.65. The molecule has 2 aromatic rings. The van der Waals surface area contributed by atoms with Gasteiger partial charge in [0.25, 0.3) is 0 Å². The van der Waals surface area contributed by atoms with E-state index in [9.17, 15) is 9.90 Å². The maximum atomic E-state index is 11.4. The second-order valence-corrected chi connectivity index (χ2v) is 5.65. The minimum absolute atomic E-state index is 0.0977. The molecule has 0 aliphatic heterocycles. The number of benzene rings is 1. The van der Waals surface area contributed by atoms with Crippen LogP contribution in [-0.4, -0.2) is 11.1 Å². The molecule has 1 aromatic heterocycles. The van der Waals surface area contributed by atoms with Crippen molar-refractivity contribution < 1.29 is 14.3 Å². The molecule has 3 nitrogen and oxygen atoms in total. The molecule has 0 aliphatic carbocycles. The summed E-state index contributed by atoms with van der Waals surface area (Å²) in [7, 11) is 0. The molecule has 0 radical (unpaired) electrons. The van der Waals surface area contributed by atoms with Gasteiger partial charge >= 0.3 is 5.97 Å². The summed E-state index contributed by atoms with van der Waals surface area (Å²) in [4.78, 5) is 11.4. The highest BCUT2D eigenvalue weighted by Gasteiger charge is 2.23. The van der Waals surface area contributed by atoms with E-state index < -0.39 is 5.97 Å². The largest absolute Gasteiger partial charge is 0.475 e. The summed E-state index contributed by atoms with van der Waals surface area (Å²) in [6.07, 6.45) is 0.720. The fraction of sp³-hybridized carbons (Fsp3) is 0.438. The molecule has 0 amide bonds. The fourth-order valence-corrected chi connectivity index (χ4v) is 2.61. The molecule has 102 valence electrons. The Balaban J connectivity index is 2.85. The van der Waals surface area contributed by atoms with Gasteiger partial charge in [0.2, 0.25) is 5.76 Å². The molecule has 0 atom stereocenters. The van der Waals surface area contributed by atoms with Crippen LogP contribution >= 0.6 is 0 Å². The third kappa shape index (κ3) is 2.25. The monoisotopic (exact) mass is 260 g/mol. The maximum Gasteiger partial charge on any atom is 0.372 e. The van der Waals surface area contributed by atoms with E-state index in [-0.39, 0.29) is 5.76 Å². The Labute approximate surface area is 113 Å². The summed E-state index contributed by atoms with van der Waals surface area (Å²) in [5.41, 5.74) is 4.80. The van der Waals surface area contributed by atoms with E-state index in [0.29, 0.717) is 5.92 Å². The Morgan fingerprint density at radius 2 is 1.89 bits per heavy atom. The zero-order valence-corrected chi connectivity index (χ0v) is 12.1. The van der Waals surface area contributed by atoms with E-state index in [0.717, 1.165) is 39.6 Å². The van der Waals surface area contributed by atoms with Crippen LogP contribution in [0.1, 0.15) is 46.7 Å². The van der Waals surface area contributed by atoms with Gasteiger partial charge in [0.15, 0.2) is 0 Å². The van der Waals surface area contributed by atoms with Crippen LogP contribution < -0.4 is 0 Å². The number of rotatable bonds is 3. The van der Waals surface area contributed by atoms with Crippen molar-refractivity contribution in [1.82, 2.24) is 0 Å². The molecule has 0 spiro atoms. The zero-order chi connectivity index (χ0) is 14.3. The summed E-state index contributed by atoms with van der Waals surface area (Å²) >= 11 is 0. The van der Waals surface area contributed by atoms with Crippen molar-refractivity contribution in [3.63, 3.8) is 0 Å². The van der Waals surface area contributed by atoms with Crippen molar-refractivity contribution in [2.24, 2.45) is 5.92 Å². The third-order valence-electron chi connectivity index (χ3n) is 3.57. The average Bonchev–Trinajstić information content (AvgIpc) is 2.65. The number of carboxylic acid groups (broad SMARTS) is 1. The fourth-order valence-electron chi connectivity index (χ4n) is 2.61. The third-order valence-corrected chi connectivity index (χ3v) is 3.57. The molecule has 0 bridgehead atoms. The molecule has 0 aliphatic rings. The van der Waals surface area contributed by atoms with Gasteiger partial charge in [-0.05, 0) is 49.8 Å². The van der Waals surface area contributed by atoms with Crippen molar-refractivity contribution >= 4 is 16.9 Å². The highest BCUT2D eigenvalue weighted by Crippen LogP contribution is 2.34.